The van der Waals surface area contributed by atoms with Gasteiger partial charge in [-0.2, -0.15) is 10.1 Å². The molecule has 0 saturated carbocycles. The number of hydrogen-bond acceptors (Lipinski definition) is 10. The molecule has 1 aromatic carbocycles. The molecule has 2 N–H and O–H groups in total. The van der Waals surface area contributed by atoms with Gasteiger partial charge in [0.1, 0.15) is 18.0 Å². The SMILES string of the molecule is CCC(=O)c1cnc(Nc2ccn(C[C@@H]3CCO3)c(=O)n2)cc1Nc1cccc(-c2ncn(C)n2)c1OC. The summed E-state index contributed by atoms with van der Waals surface area (Å²) >= 11 is 0. The smallest absolute Gasteiger partial charge is 0.349 e. The first-order chi connectivity index (χ1) is 18.4. The van der Waals surface area contributed by atoms with Gasteiger partial charge in [0.05, 0.1) is 42.3 Å². The maximum Gasteiger partial charge on any atom is 0.349 e. The van der Waals surface area contributed by atoms with Gasteiger partial charge in [-0.25, -0.2) is 14.8 Å². The molecule has 0 bridgehead atoms. The number of anilines is 4. The van der Waals surface area contributed by atoms with Crippen LogP contribution in [0.1, 0.15) is 30.1 Å². The topological polar surface area (TPSA) is 138 Å². The molecule has 1 aliphatic heterocycles. The van der Waals surface area contributed by atoms with E-state index in [0.29, 0.717) is 58.7 Å². The number of methoxy groups -OCH3 is 1. The second-order valence-electron chi connectivity index (χ2n) is 8.80. The Balaban J connectivity index is 1.45. The van der Waals surface area contributed by atoms with Crippen LogP contribution in [0.15, 0.2) is 53.8 Å². The van der Waals surface area contributed by atoms with Gasteiger partial charge in [-0.05, 0) is 24.6 Å². The molecule has 12 nitrogen and oxygen atoms in total. The number of Topliss-reactive ketones (excluding diaryl/α,β-unsaturated/α-hetero) is 1. The molecule has 1 fully saturated rings. The lowest BCUT2D eigenvalue weighted by Gasteiger charge is -2.26. The Morgan fingerprint density at radius 1 is 1.18 bits per heavy atom. The molecule has 4 aromatic rings. The normalized spacial score (nSPS) is 14.6. The number of nitrogens with zero attached hydrogens (tertiary/aromatic N) is 6. The molecule has 196 valence electrons. The summed E-state index contributed by atoms with van der Waals surface area (Å²) in [6.07, 6.45) is 6.08. The molecule has 38 heavy (non-hydrogen) atoms. The fraction of sp³-hybridized carbons (Fsp3) is 0.308. The van der Waals surface area contributed by atoms with Crippen LogP contribution >= 0.6 is 0 Å². The van der Waals surface area contributed by atoms with Crippen molar-refractivity contribution >= 4 is 28.8 Å². The van der Waals surface area contributed by atoms with Crippen molar-refractivity contribution in [2.45, 2.75) is 32.4 Å². The lowest BCUT2D eigenvalue weighted by molar-refractivity contribution is -0.0598. The molecule has 1 saturated heterocycles. The summed E-state index contributed by atoms with van der Waals surface area (Å²) in [4.78, 5) is 38.0. The first-order valence-electron chi connectivity index (χ1n) is 12.2. The van der Waals surface area contributed by atoms with E-state index in [9.17, 15) is 9.59 Å². The monoisotopic (exact) mass is 516 g/mol. The van der Waals surface area contributed by atoms with Crippen LogP contribution < -0.4 is 21.1 Å². The van der Waals surface area contributed by atoms with Gasteiger partial charge >= 0.3 is 5.69 Å². The van der Waals surface area contributed by atoms with E-state index in [1.165, 1.54) is 10.8 Å². The van der Waals surface area contributed by atoms with Gasteiger partial charge in [0.2, 0.25) is 0 Å². The Hall–Kier alpha value is -4.58. The summed E-state index contributed by atoms with van der Waals surface area (Å²) in [5.41, 5.74) is 1.88. The van der Waals surface area contributed by atoms with Crippen LogP contribution in [-0.2, 0) is 18.3 Å². The third-order valence-corrected chi connectivity index (χ3v) is 6.18. The number of aromatic nitrogens is 6. The molecular formula is C26H28N8O4. The summed E-state index contributed by atoms with van der Waals surface area (Å²) in [7, 11) is 3.36. The highest BCUT2D eigenvalue weighted by Crippen LogP contribution is 2.37. The van der Waals surface area contributed by atoms with Crippen molar-refractivity contribution in [3.05, 3.63) is 65.1 Å². The zero-order valence-corrected chi connectivity index (χ0v) is 21.3. The van der Waals surface area contributed by atoms with Crippen LogP contribution in [0.4, 0.5) is 23.0 Å². The fourth-order valence-corrected chi connectivity index (χ4v) is 4.10. The Labute approximate surface area is 218 Å². The molecule has 3 aromatic heterocycles. The molecule has 12 heteroatoms. The van der Waals surface area contributed by atoms with E-state index in [4.69, 9.17) is 9.47 Å². The molecule has 0 aliphatic carbocycles. The van der Waals surface area contributed by atoms with E-state index in [1.54, 1.807) is 50.4 Å². The Morgan fingerprint density at radius 3 is 2.68 bits per heavy atom. The minimum atomic E-state index is -0.383. The number of ether oxygens (including phenoxy) is 2. The second kappa shape index (κ2) is 10.8. The Kier molecular flexibility index (Phi) is 7.13. The first-order valence-corrected chi connectivity index (χ1v) is 12.2. The van der Waals surface area contributed by atoms with E-state index in [0.717, 1.165) is 13.0 Å². The van der Waals surface area contributed by atoms with Crippen LogP contribution in [0, 0.1) is 0 Å². The number of hydrogen-bond donors (Lipinski definition) is 2. The van der Waals surface area contributed by atoms with Gasteiger partial charge in [0.15, 0.2) is 17.4 Å². The van der Waals surface area contributed by atoms with Crippen LogP contribution in [0.3, 0.4) is 0 Å². The summed E-state index contributed by atoms with van der Waals surface area (Å²) < 4.78 is 14.2. The van der Waals surface area contributed by atoms with Crippen LogP contribution in [-0.4, -0.2) is 54.9 Å². The molecular weight excluding hydrogens is 488 g/mol. The number of pyridine rings is 1. The molecule has 0 spiro atoms. The van der Waals surface area contributed by atoms with Crippen molar-refractivity contribution in [1.82, 2.24) is 29.3 Å². The maximum absolute atomic E-state index is 12.7. The molecule has 4 heterocycles. The average Bonchev–Trinajstić information content (AvgIpc) is 3.33. The number of carbonyl (C=O) groups is 1. The third kappa shape index (κ3) is 5.25. The number of ketones is 1. The summed E-state index contributed by atoms with van der Waals surface area (Å²) in [5, 5.41) is 10.8. The zero-order chi connectivity index (χ0) is 26.6. The van der Waals surface area contributed by atoms with Crippen molar-refractivity contribution in [2.75, 3.05) is 24.4 Å². The van der Waals surface area contributed by atoms with Gasteiger partial charge in [-0.15, -0.1) is 0 Å². The largest absolute Gasteiger partial charge is 0.494 e. The predicted octanol–water partition coefficient (Wildman–Crippen LogP) is 3.31. The van der Waals surface area contributed by atoms with Gasteiger partial charge < -0.3 is 20.1 Å². The second-order valence-corrected chi connectivity index (χ2v) is 8.80. The van der Waals surface area contributed by atoms with Crippen molar-refractivity contribution in [2.24, 2.45) is 7.05 Å². The number of nitrogens with one attached hydrogen (secondary N) is 2. The Morgan fingerprint density at radius 2 is 2.03 bits per heavy atom. The highest BCUT2D eigenvalue weighted by Gasteiger charge is 2.20. The van der Waals surface area contributed by atoms with Crippen molar-refractivity contribution in [3.63, 3.8) is 0 Å². The van der Waals surface area contributed by atoms with Crippen LogP contribution in [0.2, 0.25) is 0 Å². The van der Waals surface area contributed by atoms with E-state index in [-0.39, 0.29) is 17.6 Å². The number of benzene rings is 1. The molecule has 0 amide bonds. The maximum atomic E-state index is 12.7. The Bertz CT molecular complexity index is 1530. The molecule has 0 unspecified atom stereocenters. The lowest BCUT2D eigenvalue weighted by Crippen LogP contribution is -2.35. The highest BCUT2D eigenvalue weighted by molar-refractivity contribution is 6.02. The molecule has 0 radical (unpaired) electrons. The first kappa shape index (κ1) is 25.1. The van der Waals surface area contributed by atoms with Crippen LogP contribution in [0.25, 0.3) is 11.4 Å². The minimum Gasteiger partial charge on any atom is -0.494 e. The van der Waals surface area contributed by atoms with Crippen LogP contribution in [0.5, 0.6) is 5.75 Å². The van der Waals surface area contributed by atoms with Crippen molar-refractivity contribution in [1.29, 1.82) is 0 Å². The summed E-state index contributed by atoms with van der Waals surface area (Å²) in [6, 6.07) is 8.95. The quantitative estimate of drug-likeness (QED) is 0.302. The molecule has 1 atom stereocenters. The molecule has 5 rings (SSSR count). The standard InChI is InChI=1S/C26H28N8O4/c1-4-21(35)18-13-27-23(30-22-8-10-34(26(36)31-22)14-16-9-11-38-16)12-20(18)29-19-7-5-6-17(24(19)37-3)25-28-15-33(2)32-25/h5-8,10,12-13,15-16H,4,9,11,14H2,1-3H3,(H2,27,29,30,31,36)/t16-/m0/s1. The average molecular weight is 517 g/mol. The number of para-hydroxylation sites is 1. The van der Waals surface area contributed by atoms with Crippen molar-refractivity contribution < 1.29 is 14.3 Å². The van der Waals surface area contributed by atoms with E-state index in [2.05, 4.69) is 30.7 Å². The molecule has 1 aliphatic rings. The predicted molar refractivity (Wildman–Crippen MR) is 141 cm³/mol. The third-order valence-electron chi connectivity index (χ3n) is 6.18. The summed E-state index contributed by atoms with van der Waals surface area (Å²) in [6.45, 7) is 2.99. The van der Waals surface area contributed by atoms with Gasteiger partial charge in [0.25, 0.3) is 0 Å². The number of rotatable bonds is 10. The highest BCUT2D eigenvalue weighted by atomic mass is 16.5. The number of aryl methyl sites for hydroxylation is 1. The summed E-state index contributed by atoms with van der Waals surface area (Å²) in [5.74, 6) is 1.72. The zero-order valence-electron chi connectivity index (χ0n) is 21.3. The fourth-order valence-electron chi connectivity index (χ4n) is 4.10. The van der Waals surface area contributed by atoms with Gasteiger partial charge in [-0.1, -0.05) is 13.0 Å². The van der Waals surface area contributed by atoms with E-state index < -0.39 is 0 Å². The van der Waals surface area contributed by atoms with Gasteiger partial charge in [-0.3, -0.25) is 14.0 Å². The van der Waals surface area contributed by atoms with Gasteiger partial charge in [0, 0.05) is 38.5 Å². The minimum absolute atomic E-state index is 0.0520. The number of carbonyl (C=O) groups excluding carboxylic acids is 1. The van der Waals surface area contributed by atoms with E-state index in [1.807, 2.05) is 18.2 Å². The van der Waals surface area contributed by atoms with E-state index >= 15 is 0 Å². The lowest BCUT2D eigenvalue weighted by atomic mass is 10.1. The van der Waals surface area contributed by atoms with Crippen molar-refractivity contribution in [3.8, 4) is 17.1 Å².